The van der Waals surface area contributed by atoms with Crippen LogP contribution in [0.2, 0.25) is 0 Å². The number of carbonyl (C=O) groups excluding carboxylic acids is 1. The summed E-state index contributed by atoms with van der Waals surface area (Å²) < 4.78 is 27.5. The van der Waals surface area contributed by atoms with Crippen LogP contribution in [0.15, 0.2) is 46.5 Å². The van der Waals surface area contributed by atoms with E-state index in [1.165, 1.54) is 0 Å². The van der Waals surface area contributed by atoms with Crippen LogP contribution in [-0.4, -0.2) is 37.4 Å². The summed E-state index contributed by atoms with van der Waals surface area (Å²) in [5.74, 6) is -0.165. The Morgan fingerprint density at radius 1 is 1.35 bits per heavy atom. The minimum Gasteiger partial charge on any atom is -0.399 e. The molecule has 2 heterocycles. The van der Waals surface area contributed by atoms with Gasteiger partial charge in [0.25, 0.3) is 15.9 Å². The van der Waals surface area contributed by atoms with Crippen LogP contribution in [0.5, 0.6) is 0 Å². The van der Waals surface area contributed by atoms with Gasteiger partial charge in [-0.3, -0.25) is 4.79 Å². The first-order valence-corrected chi connectivity index (χ1v) is 10.2. The van der Waals surface area contributed by atoms with Crippen LogP contribution in [0.25, 0.3) is 0 Å². The fraction of sp³-hybridized carbons (Fsp3) is 0.333. The zero-order valence-corrected chi connectivity index (χ0v) is 15.0. The number of nitrogen functional groups attached to an aromatic ring is 1. The number of nitrogens with two attached hydrogens (primary N) is 1. The highest BCUT2D eigenvalue weighted by Crippen LogP contribution is 2.31. The number of amidine groups is 1. The molecule has 136 valence electrons. The summed E-state index contributed by atoms with van der Waals surface area (Å²) in [6, 6.07) is 5.63. The van der Waals surface area contributed by atoms with Crippen molar-refractivity contribution in [2.45, 2.75) is 25.3 Å². The van der Waals surface area contributed by atoms with Gasteiger partial charge in [0.15, 0.2) is 5.84 Å². The topological polar surface area (TPSA) is 105 Å². The van der Waals surface area contributed by atoms with Gasteiger partial charge in [0.1, 0.15) is 0 Å². The second-order valence-electron chi connectivity index (χ2n) is 6.69. The fourth-order valence-electron chi connectivity index (χ4n) is 3.61. The standard InChI is InChI=1S/C18H20N4O3S/c19-13-6-7-14-12(11-13)3-1-5-16(14)20-18(23)15-4-2-8-22-9-10-26(24,25)21-17(15)22/h2,4,6-8,11,16H,1,3,5,9-10,19H2,(H,20,23). The minimum absolute atomic E-state index is 0.0485. The Balaban J connectivity index is 1.61. The molecular weight excluding hydrogens is 352 g/mol. The molecule has 0 spiro atoms. The number of hydrogen-bond acceptors (Lipinski definition) is 5. The maximum atomic E-state index is 12.9. The van der Waals surface area contributed by atoms with Crippen molar-refractivity contribution in [3.63, 3.8) is 0 Å². The van der Waals surface area contributed by atoms with E-state index in [2.05, 4.69) is 9.71 Å². The number of anilines is 1. The third kappa shape index (κ3) is 3.12. The van der Waals surface area contributed by atoms with Crippen LogP contribution in [0.1, 0.15) is 30.0 Å². The molecule has 1 aromatic rings. The van der Waals surface area contributed by atoms with Gasteiger partial charge in [0.05, 0.1) is 17.4 Å². The average Bonchev–Trinajstić information content (AvgIpc) is 2.60. The summed E-state index contributed by atoms with van der Waals surface area (Å²) in [5, 5.41) is 3.04. The predicted octanol–water partition coefficient (Wildman–Crippen LogP) is 1.26. The Labute approximate surface area is 152 Å². The number of benzene rings is 1. The highest BCUT2D eigenvalue weighted by atomic mass is 32.2. The highest BCUT2D eigenvalue weighted by molar-refractivity contribution is 7.90. The molecule has 3 aliphatic rings. The van der Waals surface area contributed by atoms with E-state index in [1.54, 1.807) is 23.3 Å². The van der Waals surface area contributed by atoms with E-state index < -0.39 is 10.0 Å². The van der Waals surface area contributed by atoms with Gasteiger partial charge >= 0.3 is 0 Å². The second-order valence-corrected chi connectivity index (χ2v) is 8.45. The van der Waals surface area contributed by atoms with Gasteiger partial charge in [-0.05, 0) is 54.7 Å². The number of allylic oxidation sites excluding steroid dienone is 2. The number of nitrogens with one attached hydrogen (secondary N) is 1. The molecule has 1 unspecified atom stereocenters. The Morgan fingerprint density at radius 3 is 3.04 bits per heavy atom. The van der Waals surface area contributed by atoms with E-state index in [9.17, 15) is 13.2 Å². The Morgan fingerprint density at radius 2 is 2.19 bits per heavy atom. The zero-order valence-electron chi connectivity index (χ0n) is 14.2. The quantitative estimate of drug-likeness (QED) is 0.761. The van der Waals surface area contributed by atoms with Crippen molar-refractivity contribution >= 4 is 27.5 Å². The number of amides is 1. The van der Waals surface area contributed by atoms with E-state index in [-0.39, 0.29) is 29.1 Å². The molecule has 2 aliphatic heterocycles. The molecule has 1 aromatic carbocycles. The number of rotatable bonds is 2. The molecule has 0 bridgehead atoms. The summed E-state index contributed by atoms with van der Waals surface area (Å²) in [7, 11) is -3.53. The third-order valence-corrected chi connectivity index (χ3v) is 6.04. The van der Waals surface area contributed by atoms with E-state index in [4.69, 9.17) is 5.73 Å². The smallest absolute Gasteiger partial charge is 0.256 e. The normalized spacial score (nSPS) is 23.4. The lowest BCUT2D eigenvalue weighted by Crippen LogP contribution is -2.43. The molecule has 3 N–H and O–H groups in total. The molecule has 1 aliphatic carbocycles. The van der Waals surface area contributed by atoms with Gasteiger partial charge in [0.2, 0.25) is 0 Å². The molecule has 1 atom stereocenters. The molecule has 0 saturated heterocycles. The van der Waals surface area contributed by atoms with Gasteiger partial charge in [-0.1, -0.05) is 6.07 Å². The monoisotopic (exact) mass is 372 g/mol. The van der Waals surface area contributed by atoms with Crippen LogP contribution in [0, 0.1) is 0 Å². The number of hydrogen-bond donors (Lipinski definition) is 2. The lowest BCUT2D eigenvalue weighted by Gasteiger charge is -2.31. The van der Waals surface area contributed by atoms with Gasteiger partial charge in [0, 0.05) is 18.4 Å². The number of nitrogens with zero attached hydrogens (tertiary/aromatic N) is 2. The first kappa shape index (κ1) is 16.8. The molecular formula is C18H20N4O3S. The van der Waals surface area contributed by atoms with Gasteiger partial charge in [-0.2, -0.15) is 0 Å². The van der Waals surface area contributed by atoms with Crippen LogP contribution >= 0.6 is 0 Å². The third-order valence-electron chi connectivity index (χ3n) is 4.89. The molecule has 0 radical (unpaired) electrons. The second kappa shape index (κ2) is 6.28. The molecule has 0 fully saturated rings. The largest absolute Gasteiger partial charge is 0.399 e. The van der Waals surface area contributed by atoms with E-state index in [0.717, 1.165) is 30.4 Å². The lowest BCUT2D eigenvalue weighted by molar-refractivity contribution is -0.117. The van der Waals surface area contributed by atoms with Crippen molar-refractivity contribution in [3.8, 4) is 0 Å². The summed E-state index contributed by atoms with van der Waals surface area (Å²) in [5.41, 5.74) is 9.08. The zero-order chi connectivity index (χ0) is 18.3. The Kier molecular flexibility index (Phi) is 4.07. The summed E-state index contributed by atoms with van der Waals surface area (Å²) in [6.45, 7) is 0.299. The predicted molar refractivity (Wildman–Crippen MR) is 99.8 cm³/mol. The number of aryl methyl sites for hydroxylation is 1. The fourth-order valence-corrected chi connectivity index (χ4v) is 4.60. The van der Waals surface area contributed by atoms with Crippen molar-refractivity contribution in [1.82, 2.24) is 10.2 Å². The maximum Gasteiger partial charge on any atom is 0.256 e. The van der Waals surface area contributed by atoms with Crippen LogP contribution in [0.3, 0.4) is 0 Å². The molecule has 26 heavy (non-hydrogen) atoms. The highest BCUT2D eigenvalue weighted by Gasteiger charge is 2.31. The van der Waals surface area contributed by atoms with E-state index >= 15 is 0 Å². The number of carbonyl (C=O) groups is 1. The molecule has 0 aromatic heterocycles. The first-order valence-electron chi connectivity index (χ1n) is 8.60. The average molecular weight is 372 g/mol. The first-order chi connectivity index (χ1) is 12.4. The van der Waals surface area contributed by atoms with E-state index in [1.807, 2.05) is 18.2 Å². The maximum absolute atomic E-state index is 12.9. The van der Waals surface area contributed by atoms with Gasteiger partial charge < -0.3 is 16.0 Å². The van der Waals surface area contributed by atoms with Crippen molar-refractivity contribution in [3.05, 3.63) is 53.3 Å². The van der Waals surface area contributed by atoms with Crippen molar-refractivity contribution < 1.29 is 13.2 Å². The molecule has 0 saturated carbocycles. The Hall–Kier alpha value is -2.61. The summed E-state index contributed by atoms with van der Waals surface area (Å²) in [4.78, 5) is 14.6. The van der Waals surface area contributed by atoms with Crippen LogP contribution in [-0.2, 0) is 21.2 Å². The van der Waals surface area contributed by atoms with Crippen molar-refractivity contribution in [2.24, 2.45) is 4.40 Å². The van der Waals surface area contributed by atoms with Crippen molar-refractivity contribution in [2.75, 3.05) is 18.0 Å². The minimum atomic E-state index is -3.53. The summed E-state index contributed by atoms with van der Waals surface area (Å²) in [6.07, 6.45) is 7.82. The SMILES string of the molecule is Nc1ccc2c(c1)CCCC2NC(=O)C1=CC=CN2CCS(=O)(=O)N=C12. The Bertz CT molecular complexity index is 963. The summed E-state index contributed by atoms with van der Waals surface area (Å²) >= 11 is 0. The number of fused-ring (bicyclic) bond motifs is 2. The molecule has 8 heteroatoms. The number of sulfonamides is 1. The van der Waals surface area contributed by atoms with E-state index in [0.29, 0.717) is 12.2 Å². The van der Waals surface area contributed by atoms with Crippen LogP contribution < -0.4 is 11.1 Å². The molecule has 4 rings (SSSR count). The molecule has 7 nitrogen and oxygen atoms in total. The molecule has 1 amide bonds. The van der Waals surface area contributed by atoms with Crippen LogP contribution in [0.4, 0.5) is 5.69 Å². The van der Waals surface area contributed by atoms with Gasteiger partial charge in [-0.25, -0.2) is 8.42 Å². The lowest BCUT2D eigenvalue weighted by atomic mass is 9.87. The van der Waals surface area contributed by atoms with Gasteiger partial charge in [-0.15, -0.1) is 4.40 Å². The van der Waals surface area contributed by atoms with Crippen molar-refractivity contribution in [1.29, 1.82) is 0 Å².